The van der Waals surface area contributed by atoms with Gasteiger partial charge in [0.05, 0.1) is 11.5 Å². The van der Waals surface area contributed by atoms with Crippen LogP contribution < -0.4 is 10.6 Å². The topological polar surface area (TPSA) is 73.9 Å². The van der Waals surface area contributed by atoms with Crippen LogP contribution in [0.1, 0.15) is 37.7 Å². The molecule has 0 aliphatic carbocycles. The first-order chi connectivity index (χ1) is 15.0. The fourth-order valence-electron chi connectivity index (χ4n) is 5.10. The maximum Gasteiger partial charge on any atom is 0.242 e. The lowest BCUT2D eigenvalue weighted by atomic mass is 9.84. The summed E-state index contributed by atoms with van der Waals surface area (Å²) in [6.45, 7) is 5.91. The normalized spacial score (nSPS) is 27.6. The van der Waals surface area contributed by atoms with Gasteiger partial charge in [0.1, 0.15) is 6.04 Å². The minimum absolute atomic E-state index is 0.0359. The first kappa shape index (κ1) is 22.2. The Hall–Kier alpha value is -1.96. The van der Waals surface area contributed by atoms with Gasteiger partial charge in [-0.1, -0.05) is 30.3 Å². The van der Waals surface area contributed by atoms with Gasteiger partial charge in [0.15, 0.2) is 0 Å². The molecule has 2 amide bonds. The molecule has 3 aliphatic heterocycles. The lowest BCUT2D eigenvalue weighted by molar-refractivity contribution is -0.128. The molecule has 0 radical (unpaired) electrons. The number of carbonyl (C=O) groups is 2. The third-order valence-corrected chi connectivity index (χ3v) is 7.02. The second-order valence-corrected chi connectivity index (χ2v) is 9.47. The van der Waals surface area contributed by atoms with Crippen molar-refractivity contribution >= 4 is 11.8 Å². The largest absolute Gasteiger partial charge is 0.378 e. The Morgan fingerprint density at radius 3 is 2.77 bits per heavy atom. The maximum atomic E-state index is 12.7. The Morgan fingerprint density at radius 2 is 2.00 bits per heavy atom. The summed E-state index contributed by atoms with van der Waals surface area (Å²) < 4.78 is 5.94. The minimum Gasteiger partial charge on any atom is -0.378 e. The molecular weight excluding hydrogens is 392 g/mol. The molecular formula is C24H36N4O3. The molecule has 3 fully saturated rings. The van der Waals surface area contributed by atoms with Crippen LogP contribution in [0.2, 0.25) is 0 Å². The summed E-state index contributed by atoms with van der Waals surface area (Å²) in [5.41, 5.74) is 0.836. The number of hydrogen-bond donors (Lipinski definition) is 2. The highest BCUT2D eigenvalue weighted by molar-refractivity contribution is 5.94. The first-order valence-corrected chi connectivity index (χ1v) is 11.7. The molecule has 1 aromatic rings. The molecule has 0 unspecified atom stereocenters. The van der Waals surface area contributed by atoms with Crippen molar-refractivity contribution in [2.45, 2.75) is 50.8 Å². The lowest BCUT2D eigenvalue weighted by Crippen LogP contribution is -2.42. The Kier molecular flexibility index (Phi) is 7.25. The fraction of sp³-hybridized carbons (Fsp3) is 0.667. The van der Waals surface area contributed by atoms with Gasteiger partial charge in [-0.2, -0.15) is 0 Å². The molecule has 0 aromatic heterocycles. The molecule has 4 rings (SSSR count). The molecule has 1 spiro atoms. The molecule has 7 heteroatoms. The number of benzene rings is 1. The van der Waals surface area contributed by atoms with Crippen LogP contribution in [-0.4, -0.2) is 80.1 Å². The van der Waals surface area contributed by atoms with Crippen LogP contribution in [0.25, 0.3) is 0 Å². The van der Waals surface area contributed by atoms with Crippen molar-refractivity contribution in [3.63, 3.8) is 0 Å². The molecule has 1 aromatic carbocycles. The average molecular weight is 429 g/mol. The number of carbonyl (C=O) groups excluding carboxylic acids is 2. The van der Waals surface area contributed by atoms with E-state index in [1.165, 1.54) is 5.56 Å². The molecule has 3 saturated heterocycles. The SMILES string of the molecule is CN1CCC(OCCCNC(=O)[C@@H]2C[C@@]3(CCN(Cc4ccccc4)C3)C(=O)N2)CC1. The number of likely N-dealkylation sites (tertiary alicyclic amines) is 2. The minimum atomic E-state index is -0.423. The Balaban J connectivity index is 1.16. The number of hydrogen-bond acceptors (Lipinski definition) is 5. The Bertz CT molecular complexity index is 750. The van der Waals surface area contributed by atoms with E-state index in [-0.39, 0.29) is 11.8 Å². The molecule has 2 N–H and O–H groups in total. The van der Waals surface area contributed by atoms with Crippen LogP contribution in [-0.2, 0) is 20.9 Å². The zero-order chi connectivity index (χ0) is 21.7. The van der Waals surface area contributed by atoms with Gasteiger partial charge in [-0.3, -0.25) is 14.5 Å². The van der Waals surface area contributed by atoms with E-state index >= 15 is 0 Å². The van der Waals surface area contributed by atoms with Crippen LogP contribution in [0.15, 0.2) is 30.3 Å². The number of nitrogens with zero attached hydrogens (tertiary/aromatic N) is 2. The lowest BCUT2D eigenvalue weighted by Gasteiger charge is -2.28. The number of ether oxygens (including phenoxy) is 1. The van der Waals surface area contributed by atoms with E-state index in [9.17, 15) is 9.59 Å². The van der Waals surface area contributed by atoms with Crippen molar-refractivity contribution in [1.29, 1.82) is 0 Å². The van der Waals surface area contributed by atoms with E-state index in [1.54, 1.807) is 0 Å². The second-order valence-electron chi connectivity index (χ2n) is 9.47. The van der Waals surface area contributed by atoms with Crippen molar-refractivity contribution in [2.75, 3.05) is 46.4 Å². The van der Waals surface area contributed by atoms with E-state index < -0.39 is 11.5 Å². The van der Waals surface area contributed by atoms with Crippen molar-refractivity contribution in [2.24, 2.45) is 5.41 Å². The molecule has 31 heavy (non-hydrogen) atoms. The molecule has 3 heterocycles. The average Bonchev–Trinajstić information content (AvgIpc) is 3.33. The fourth-order valence-corrected chi connectivity index (χ4v) is 5.10. The van der Waals surface area contributed by atoms with Crippen LogP contribution in [0.4, 0.5) is 0 Å². The van der Waals surface area contributed by atoms with Crippen molar-refractivity contribution in [3.8, 4) is 0 Å². The molecule has 7 nitrogen and oxygen atoms in total. The highest BCUT2D eigenvalue weighted by Gasteiger charge is 2.52. The monoisotopic (exact) mass is 428 g/mol. The van der Waals surface area contributed by atoms with Crippen LogP contribution in [0.3, 0.4) is 0 Å². The standard InChI is InChI=1S/C24H36N4O3/c1-27-12-8-20(9-13-27)31-15-5-11-25-22(29)21-16-24(23(30)26-21)10-14-28(18-24)17-19-6-3-2-4-7-19/h2-4,6-7,20-21H,5,8-18H2,1H3,(H,25,29)(H,26,30)/t21-,24+/m0/s1. The molecule has 170 valence electrons. The van der Waals surface area contributed by atoms with E-state index in [4.69, 9.17) is 4.74 Å². The zero-order valence-corrected chi connectivity index (χ0v) is 18.6. The molecule has 2 atom stereocenters. The molecule has 0 saturated carbocycles. The highest BCUT2D eigenvalue weighted by Crippen LogP contribution is 2.40. The first-order valence-electron chi connectivity index (χ1n) is 11.7. The van der Waals surface area contributed by atoms with Gasteiger partial charge >= 0.3 is 0 Å². The summed E-state index contributed by atoms with van der Waals surface area (Å²) in [7, 11) is 2.14. The second kappa shape index (κ2) is 10.1. The van der Waals surface area contributed by atoms with E-state index in [2.05, 4.69) is 39.6 Å². The molecule has 0 bridgehead atoms. The van der Waals surface area contributed by atoms with Gasteiger partial charge in [-0.05, 0) is 51.3 Å². The van der Waals surface area contributed by atoms with Crippen LogP contribution >= 0.6 is 0 Å². The highest BCUT2D eigenvalue weighted by atomic mass is 16.5. The van der Waals surface area contributed by atoms with Crippen molar-refractivity contribution in [3.05, 3.63) is 35.9 Å². The Morgan fingerprint density at radius 1 is 1.23 bits per heavy atom. The predicted octanol–water partition coefficient (Wildman–Crippen LogP) is 1.38. The summed E-state index contributed by atoms with van der Waals surface area (Å²) in [6, 6.07) is 9.92. The van der Waals surface area contributed by atoms with Gasteiger partial charge in [-0.15, -0.1) is 0 Å². The van der Waals surface area contributed by atoms with Crippen LogP contribution in [0.5, 0.6) is 0 Å². The Labute approximate surface area is 185 Å². The summed E-state index contributed by atoms with van der Waals surface area (Å²) in [5.74, 6) is -0.0279. The summed E-state index contributed by atoms with van der Waals surface area (Å²) in [5, 5.41) is 5.95. The number of piperidine rings is 1. The van der Waals surface area contributed by atoms with Gasteiger partial charge in [0, 0.05) is 39.3 Å². The van der Waals surface area contributed by atoms with Gasteiger partial charge in [-0.25, -0.2) is 0 Å². The summed E-state index contributed by atoms with van der Waals surface area (Å²) in [6.07, 6.45) is 4.73. The maximum absolute atomic E-state index is 12.7. The van der Waals surface area contributed by atoms with Gasteiger partial charge < -0.3 is 20.3 Å². The van der Waals surface area contributed by atoms with Crippen molar-refractivity contribution < 1.29 is 14.3 Å². The third-order valence-electron chi connectivity index (χ3n) is 7.02. The van der Waals surface area contributed by atoms with E-state index in [1.807, 2.05) is 18.2 Å². The van der Waals surface area contributed by atoms with Crippen molar-refractivity contribution in [1.82, 2.24) is 20.4 Å². The van der Waals surface area contributed by atoms with Gasteiger partial charge in [0.2, 0.25) is 11.8 Å². The molecule has 3 aliphatic rings. The van der Waals surface area contributed by atoms with E-state index in [0.29, 0.717) is 25.7 Å². The van der Waals surface area contributed by atoms with Gasteiger partial charge in [0.25, 0.3) is 0 Å². The quantitative estimate of drug-likeness (QED) is 0.612. The number of rotatable bonds is 8. The smallest absolute Gasteiger partial charge is 0.242 e. The van der Waals surface area contributed by atoms with E-state index in [0.717, 1.165) is 58.4 Å². The number of nitrogens with one attached hydrogen (secondary N) is 2. The zero-order valence-electron chi connectivity index (χ0n) is 18.6. The number of amides is 2. The third kappa shape index (κ3) is 5.64. The van der Waals surface area contributed by atoms with Crippen LogP contribution in [0, 0.1) is 5.41 Å². The summed E-state index contributed by atoms with van der Waals surface area (Å²) >= 11 is 0. The summed E-state index contributed by atoms with van der Waals surface area (Å²) in [4.78, 5) is 30.0. The predicted molar refractivity (Wildman–Crippen MR) is 119 cm³/mol.